The Labute approximate surface area is 153 Å². The number of carbonyl (C=O) groups is 3. The molecule has 1 saturated carbocycles. The van der Waals surface area contributed by atoms with Crippen LogP contribution in [0.4, 0.5) is 5.69 Å². The van der Waals surface area contributed by atoms with E-state index in [1.165, 1.54) is 4.90 Å². The summed E-state index contributed by atoms with van der Waals surface area (Å²) in [6, 6.07) is 5.17. The molecule has 0 unspecified atom stereocenters. The molecule has 5 nitrogen and oxygen atoms in total. The number of carbonyl (C=O) groups excluding carboxylic acids is 3. The molecule has 0 radical (unpaired) electrons. The van der Waals surface area contributed by atoms with Crippen LogP contribution in [0.15, 0.2) is 22.7 Å². The van der Waals surface area contributed by atoms with E-state index in [1.807, 2.05) is 0 Å². The van der Waals surface area contributed by atoms with Crippen LogP contribution in [-0.2, 0) is 14.4 Å². The Morgan fingerprint density at radius 3 is 2.42 bits per heavy atom. The summed E-state index contributed by atoms with van der Waals surface area (Å²) in [6.07, 6.45) is 3.63. The fraction of sp³-hybridized carbons (Fsp3) is 0.471. The summed E-state index contributed by atoms with van der Waals surface area (Å²) in [6.45, 7) is 0.130. The van der Waals surface area contributed by atoms with E-state index in [1.54, 1.807) is 18.2 Å². The normalized spacial score (nSPS) is 23.3. The first-order chi connectivity index (χ1) is 11.5. The Kier molecular flexibility index (Phi) is 5.25. The van der Waals surface area contributed by atoms with Gasteiger partial charge >= 0.3 is 0 Å². The third-order valence-corrected chi connectivity index (χ3v) is 5.51. The van der Waals surface area contributed by atoms with Gasteiger partial charge in [0.25, 0.3) is 0 Å². The zero-order valence-electron chi connectivity index (χ0n) is 13.1. The van der Waals surface area contributed by atoms with Crippen molar-refractivity contribution in [1.29, 1.82) is 0 Å². The van der Waals surface area contributed by atoms with Crippen molar-refractivity contribution < 1.29 is 14.4 Å². The summed E-state index contributed by atoms with van der Waals surface area (Å²) in [7, 11) is 0. The molecule has 1 heterocycles. The number of rotatable bonds is 4. The first-order valence-corrected chi connectivity index (χ1v) is 9.24. The summed E-state index contributed by atoms with van der Waals surface area (Å²) in [5.74, 6) is -0.835. The summed E-state index contributed by atoms with van der Waals surface area (Å²) >= 11 is 9.37. The summed E-state index contributed by atoms with van der Waals surface area (Å²) in [5, 5.41) is 3.14. The molecule has 3 amide bonds. The Morgan fingerprint density at radius 2 is 1.83 bits per heavy atom. The number of hydrogen-bond acceptors (Lipinski definition) is 3. The molecule has 1 aliphatic heterocycles. The van der Waals surface area contributed by atoms with Gasteiger partial charge in [0.1, 0.15) is 0 Å². The Morgan fingerprint density at radius 1 is 1.21 bits per heavy atom. The fourth-order valence-corrected chi connectivity index (χ4v) is 4.19. The molecule has 1 saturated heterocycles. The van der Waals surface area contributed by atoms with Crippen LogP contribution in [0.5, 0.6) is 0 Å². The number of imide groups is 1. The van der Waals surface area contributed by atoms with E-state index in [0.717, 1.165) is 30.2 Å². The van der Waals surface area contributed by atoms with Crippen molar-refractivity contribution in [2.75, 3.05) is 11.9 Å². The quantitative estimate of drug-likeness (QED) is 0.767. The van der Waals surface area contributed by atoms with E-state index in [2.05, 4.69) is 21.2 Å². The SMILES string of the molecule is O=C(CCN1C(=O)[C@@H]2CCCC[C@H]2C1=O)Nc1ccc(Br)cc1Cl. The van der Waals surface area contributed by atoms with Crippen LogP contribution in [0.1, 0.15) is 32.1 Å². The highest BCUT2D eigenvalue weighted by Gasteiger charge is 2.47. The molecular weight excluding hydrogens is 396 g/mol. The first-order valence-electron chi connectivity index (χ1n) is 8.07. The molecule has 24 heavy (non-hydrogen) atoms. The first kappa shape index (κ1) is 17.4. The maximum atomic E-state index is 12.4. The minimum Gasteiger partial charge on any atom is -0.325 e. The average molecular weight is 414 g/mol. The van der Waals surface area contributed by atoms with Crippen molar-refractivity contribution >= 4 is 50.9 Å². The lowest BCUT2D eigenvalue weighted by Gasteiger charge is -2.19. The molecule has 1 aromatic carbocycles. The lowest BCUT2D eigenvalue weighted by Crippen LogP contribution is -2.34. The average Bonchev–Trinajstić information content (AvgIpc) is 2.80. The lowest BCUT2D eigenvalue weighted by molar-refractivity contribution is -0.140. The predicted molar refractivity (Wildman–Crippen MR) is 94.6 cm³/mol. The van der Waals surface area contributed by atoms with E-state index in [4.69, 9.17) is 11.6 Å². The van der Waals surface area contributed by atoms with Crippen LogP contribution in [-0.4, -0.2) is 29.2 Å². The minimum absolute atomic E-state index is 0.0727. The molecule has 1 aliphatic carbocycles. The molecule has 1 aromatic rings. The van der Waals surface area contributed by atoms with Crippen molar-refractivity contribution in [2.45, 2.75) is 32.1 Å². The molecule has 0 bridgehead atoms. The highest BCUT2D eigenvalue weighted by atomic mass is 79.9. The van der Waals surface area contributed by atoms with Crippen molar-refractivity contribution in [3.8, 4) is 0 Å². The Balaban J connectivity index is 1.58. The molecule has 0 aromatic heterocycles. The van der Waals surface area contributed by atoms with Gasteiger partial charge in [-0.15, -0.1) is 0 Å². The monoisotopic (exact) mass is 412 g/mol. The predicted octanol–water partition coefficient (Wildman–Crippen LogP) is 3.61. The smallest absolute Gasteiger partial charge is 0.233 e. The molecule has 7 heteroatoms. The molecule has 2 aliphatic rings. The molecule has 0 spiro atoms. The van der Waals surface area contributed by atoms with Crippen molar-refractivity contribution in [1.82, 2.24) is 4.90 Å². The van der Waals surface area contributed by atoms with Gasteiger partial charge in [-0.25, -0.2) is 0 Å². The summed E-state index contributed by atoms with van der Waals surface area (Å²) in [4.78, 5) is 38.1. The molecular formula is C17H18BrClN2O3. The second-order valence-electron chi connectivity index (χ2n) is 6.25. The molecule has 1 N–H and O–H groups in total. The van der Waals surface area contributed by atoms with E-state index in [9.17, 15) is 14.4 Å². The molecule has 3 rings (SSSR count). The number of fused-ring (bicyclic) bond motifs is 1. The number of nitrogens with zero attached hydrogens (tertiary/aromatic N) is 1. The van der Waals surface area contributed by atoms with Crippen molar-refractivity contribution in [3.63, 3.8) is 0 Å². The zero-order chi connectivity index (χ0) is 17.3. The minimum atomic E-state index is -0.269. The van der Waals surface area contributed by atoms with E-state index in [0.29, 0.717) is 10.7 Å². The lowest BCUT2D eigenvalue weighted by atomic mass is 9.81. The van der Waals surface area contributed by atoms with Crippen LogP contribution in [0.25, 0.3) is 0 Å². The van der Waals surface area contributed by atoms with E-state index >= 15 is 0 Å². The zero-order valence-corrected chi connectivity index (χ0v) is 15.4. The van der Waals surface area contributed by atoms with Gasteiger partial charge < -0.3 is 5.32 Å². The number of halogens is 2. The third-order valence-electron chi connectivity index (χ3n) is 4.70. The van der Waals surface area contributed by atoms with Gasteiger partial charge in [0.05, 0.1) is 22.5 Å². The van der Waals surface area contributed by atoms with E-state index in [-0.39, 0.29) is 42.5 Å². The number of anilines is 1. The number of nitrogens with one attached hydrogen (secondary N) is 1. The second-order valence-corrected chi connectivity index (χ2v) is 7.57. The van der Waals surface area contributed by atoms with Crippen LogP contribution in [0.2, 0.25) is 5.02 Å². The van der Waals surface area contributed by atoms with Gasteiger partial charge in [-0.05, 0) is 31.0 Å². The van der Waals surface area contributed by atoms with Crippen LogP contribution >= 0.6 is 27.5 Å². The summed E-state index contributed by atoms with van der Waals surface area (Å²) in [5.41, 5.74) is 0.512. The molecule has 2 atom stereocenters. The van der Waals surface area contributed by atoms with Crippen LogP contribution in [0.3, 0.4) is 0 Å². The second kappa shape index (κ2) is 7.23. The number of hydrogen-bond donors (Lipinski definition) is 1. The fourth-order valence-electron chi connectivity index (χ4n) is 3.47. The van der Waals surface area contributed by atoms with Gasteiger partial charge in [-0.2, -0.15) is 0 Å². The van der Waals surface area contributed by atoms with Crippen molar-refractivity contribution in [2.24, 2.45) is 11.8 Å². The van der Waals surface area contributed by atoms with E-state index < -0.39 is 0 Å². The number of benzene rings is 1. The molecule has 2 fully saturated rings. The largest absolute Gasteiger partial charge is 0.325 e. The maximum Gasteiger partial charge on any atom is 0.233 e. The topological polar surface area (TPSA) is 66.5 Å². The Hall–Kier alpha value is -1.40. The molecule has 128 valence electrons. The maximum absolute atomic E-state index is 12.4. The highest BCUT2D eigenvalue weighted by molar-refractivity contribution is 9.10. The number of likely N-dealkylation sites (tertiary alicyclic amines) is 1. The third kappa shape index (κ3) is 3.49. The summed E-state index contributed by atoms with van der Waals surface area (Å²) < 4.78 is 0.821. The number of amides is 3. The van der Waals surface area contributed by atoms with Gasteiger partial charge in [-0.1, -0.05) is 40.4 Å². The highest BCUT2D eigenvalue weighted by Crippen LogP contribution is 2.38. The van der Waals surface area contributed by atoms with Gasteiger partial charge in [0.2, 0.25) is 17.7 Å². The van der Waals surface area contributed by atoms with Gasteiger partial charge in [0, 0.05) is 17.4 Å². The Bertz CT molecular complexity index is 670. The van der Waals surface area contributed by atoms with Crippen LogP contribution in [0, 0.1) is 11.8 Å². The van der Waals surface area contributed by atoms with Crippen molar-refractivity contribution in [3.05, 3.63) is 27.7 Å². The van der Waals surface area contributed by atoms with Crippen LogP contribution < -0.4 is 5.32 Å². The van der Waals surface area contributed by atoms with Gasteiger partial charge in [0.15, 0.2) is 0 Å². The van der Waals surface area contributed by atoms with Gasteiger partial charge in [-0.3, -0.25) is 19.3 Å². The standard InChI is InChI=1S/C17H18BrClN2O3/c18-10-5-6-14(13(19)9-10)20-15(22)7-8-21-16(23)11-3-1-2-4-12(11)17(21)24/h5-6,9,11-12H,1-4,7-8H2,(H,20,22)/t11-,12-/m1/s1.